The van der Waals surface area contributed by atoms with E-state index in [9.17, 15) is 4.79 Å². The van der Waals surface area contributed by atoms with Gasteiger partial charge in [0.25, 0.3) is 0 Å². The smallest absolute Gasteiger partial charge is 0.242 e. The highest BCUT2D eigenvalue weighted by Crippen LogP contribution is 2.22. The van der Waals surface area contributed by atoms with E-state index in [2.05, 4.69) is 25.9 Å². The fourth-order valence-electron chi connectivity index (χ4n) is 3.61. The Hall–Kier alpha value is -4.26. The van der Waals surface area contributed by atoms with Crippen LogP contribution in [0.4, 0.5) is 5.82 Å². The summed E-state index contributed by atoms with van der Waals surface area (Å²) in [6.45, 7) is 2.04. The number of rotatable bonds is 5. The third-order valence-electron chi connectivity index (χ3n) is 5.20. The highest BCUT2D eigenvalue weighted by molar-refractivity contribution is 5.92. The Bertz CT molecular complexity index is 1390. The molecule has 7 nitrogen and oxygen atoms in total. The Morgan fingerprint density at radius 1 is 0.935 bits per heavy atom. The number of anilines is 1. The first-order valence-electron chi connectivity index (χ1n) is 9.96. The van der Waals surface area contributed by atoms with Crippen LogP contribution in [-0.2, 0) is 11.2 Å². The van der Waals surface area contributed by atoms with Gasteiger partial charge in [-0.1, -0.05) is 60.2 Å². The van der Waals surface area contributed by atoms with E-state index in [4.69, 9.17) is 0 Å². The number of hydrogen-bond donors (Lipinski definition) is 2. The van der Waals surface area contributed by atoms with Gasteiger partial charge in [0, 0.05) is 0 Å². The molecule has 0 saturated carbocycles. The topological polar surface area (TPSA) is 84.7 Å². The highest BCUT2D eigenvalue weighted by Gasteiger charge is 2.12. The van der Waals surface area contributed by atoms with Crippen LogP contribution in [0.1, 0.15) is 11.1 Å². The summed E-state index contributed by atoms with van der Waals surface area (Å²) in [6, 6.07) is 22.0. The monoisotopic (exact) mass is 408 g/mol. The summed E-state index contributed by atoms with van der Waals surface area (Å²) in [6.07, 6.45) is 3.40. The van der Waals surface area contributed by atoms with Crippen molar-refractivity contribution in [2.75, 3.05) is 5.43 Å². The molecule has 152 valence electrons. The van der Waals surface area contributed by atoms with Gasteiger partial charge in [-0.25, -0.2) is 14.6 Å². The summed E-state index contributed by atoms with van der Waals surface area (Å²) in [5.41, 5.74) is 9.38. The molecule has 5 rings (SSSR count). The zero-order valence-electron chi connectivity index (χ0n) is 16.9. The summed E-state index contributed by atoms with van der Waals surface area (Å²) in [5.74, 6) is 0.337. The van der Waals surface area contributed by atoms with Gasteiger partial charge in [-0.2, -0.15) is 5.10 Å². The van der Waals surface area contributed by atoms with Crippen LogP contribution < -0.4 is 10.9 Å². The molecule has 1 amide bonds. The van der Waals surface area contributed by atoms with Crippen molar-refractivity contribution in [3.63, 3.8) is 0 Å². The van der Waals surface area contributed by atoms with Crippen molar-refractivity contribution in [3.8, 4) is 5.69 Å². The Labute approximate surface area is 178 Å². The van der Waals surface area contributed by atoms with Crippen LogP contribution in [0.25, 0.3) is 27.5 Å². The number of hydrazine groups is 1. The second-order valence-electron chi connectivity index (χ2n) is 7.34. The van der Waals surface area contributed by atoms with E-state index in [1.807, 2.05) is 73.7 Å². The molecule has 2 heterocycles. The Morgan fingerprint density at radius 3 is 2.61 bits per heavy atom. The van der Waals surface area contributed by atoms with Crippen molar-refractivity contribution >= 4 is 33.5 Å². The molecule has 0 aliphatic rings. The second kappa shape index (κ2) is 7.87. The van der Waals surface area contributed by atoms with Crippen LogP contribution in [0.15, 0.2) is 79.3 Å². The fraction of sp³-hybridized carbons (Fsp3) is 0.0833. The molecule has 2 N–H and O–H groups in total. The molecular formula is C24H20N6O. The van der Waals surface area contributed by atoms with Gasteiger partial charge in [0.05, 0.1) is 23.7 Å². The van der Waals surface area contributed by atoms with E-state index in [-0.39, 0.29) is 12.3 Å². The van der Waals surface area contributed by atoms with Gasteiger partial charge >= 0.3 is 0 Å². The van der Waals surface area contributed by atoms with Crippen molar-refractivity contribution < 1.29 is 4.79 Å². The number of amides is 1. The zero-order valence-corrected chi connectivity index (χ0v) is 16.9. The lowest BCUT2D eigenvalue weighted by molar-refractivity contribution is -0.119. The summed E-state index contributed by atoms with van der Waals surface area (Å²) < 4.78 is 1.75. The number of aryl methyl sites for hydroxylation is 1. The molecule has 0 bridgehead atoms. The molecule has 0 unspecified atom stereocenters. The Morgan fingerprint density at radius 2 is 1.74 bits per heavy atom. The number of nitrogens with zero attached hydrogens (tertiary/aromatic N) is 4. The number of hydrogen-bond acceptors (Lipinski definition) is 5. The molecule has 0 spiro atoms. The molecule has 0 aliphatic carbocycles. The molecule has 0 atom stereocenters. The normalized spacial score (nSPS) is 11.0. The van der Waals surface area contributed by atoms with Crippen molar-refractivity contribution in [1.29, 1.82) is 0 Å². The summed E-state index contributed by atoms with van der Waals surface area (Å²) in [4.78, 5) is 21.2. The van der Waals surface area contributed by atoms with Gasteiger partial charge in [0.1, 0.15) is 6.33 Å². The molecule has 2 aromatic heterocycles. The summed E-state index contributed by atoms with van der Waals surface area (Å²) in [7, 11) is 0. The molecule has 0 aliphatic heterocycles. The lowest BCUT2D eigenvalue weighted by Crippen LogP contribution is -2.31. The average molecular weight is 408 g/mol. The first-order valence-corrected chi connectivity index (χ1v) is 9.96. The van der Waals surface area contributed by atoms with Gasteiger partial charge in [-0.3, -0.25) is 15.6 Å². The van der Waals surface area contributed by atoms with E-state index in [1.54, 1.807) is 10.9 Å². The number of carbonyl (C=O) groups excluding carboxylic acids is 1. The average Bonchev–Trinajstić information content (AvgIpc) is 3.23. The van der Waals surface area contributed by atoms with Gasteiger partial charge in [0.2, 0.25) is 5.91 Å². The van der Waals surface area contributed by atoms with Crippen molar-refractivity contribution in [1.82, 2.24) is 25.2 Å². The lowest BCUT2D eigenvalue weighted by atomic mass is 10.0. The molecule has 3 aromatic carbocycles. The van der Waals surface area contributed by atoms with Crippen LogP contribution in [0, 0.1) is 6.92 Å². The van der Waals surface area contributed by atoms with E-state index in [0.717, 1.165) is 22.0 Å². The Balaban J connectivity index is 1.35. The second-order valence-corrected chi connectivity index (χ2v) is 7.34. The molecule has 5 aromatic rings. The predicted molar refractivity (Wildman–Crippen MR) is 121 cm³/mol. The standard InChI is InChI=1S/C24H20N6O/c1-16-9-11-19(12-10-16)30-24-21(14-27-30)23(25-15-26-24)29-28-22(31)13-18-7-4-6-17-5-2-3-8-20(17)18/h2-12,14-15H,13H2,1H3,(H,28,31)(H,25,26,29). The number of benzene rings is 3. The quantitative estimate of drug-likeness (QED) is 0.430. The number of carbonyl (C=O) groups is 1. The third-order valence-corrected chi connectivity index (χ3v) is 5.20. The van der Waals surface area contributed by atoms with Crippen molar-refractivity contribution in [3.05, 3.63) is 90.4 Å². The molecule has 7 heteroatoms. The van der Waals surface area contributed by atoms with E-state index in [1.165, 1.54) is 11.9 Å². The maximum atomic E-state index is 12.6. The van der Waals surface area contributed by atoms with Gasteiger partial charge < -0.3 is 0 Å². The van der Waals surface area contributed by atoms with Crippen LogP contribution in [0.2, 0.25) is 0 Å². The summed E-state index contributed by atoms with van der Waals surface area (Å²) in [5, 5.41) is 7.35. The minimum absolute atomic E-state index is 0.158. The minimum Gasteiger partial charge on any atom is -0.281 e. The molecule has 31 heavy (non-hydrogen) atoms. The number of aromatic nitrogens is 4. The van der Waals surface area contributed by atoms with Gasteiger partial charge in [0.15, 0.2) is 11.5 Å². The zero-order chi connectivity index (χ0) is 21.2. The van der Waals surface area contributed by atoms with Crippen LogP contribution in [-0.4, -0.2) is 25.7 Å². The predicted octanol–water partition coefficient (Wildman–Crippen LogP) is 3.96. The maximum Gasteiger partial charge on any atom is 0.242 e. The first-order chi connectivity index (χ1) is 15.2. The van der Waals surface area contributed by atoms with E-state index in [0.29, 0.717) is 16.9 Å². The van der Waals surface area contributed by atoms with E-state index < -0.39 is 0 Å². The fourth-order valence-corrected chi connectivity index (χ4v) is 3.61. The van der Waals surface area contributed by atoms with Gasteiger partial charge in [-0.15, -0.1) is 0 Å². The molecule has 0 fully saturated rings. The van der Waals surface area contributed by atoms with Crippen LogP contribution in [0.3, 0.4) is 0 Å². The largest absolute Gasteiger partial charge is 0.281 e. The molecule has 0 radical (unpaired) electrons. The highest BCUT2D eigenvalue weighted by atomic mass is 16.2. The maximum absolute atomic E-state index is 12.6. The van der Waals surface area contributed by atoms with Gasteiger partial charge in [-0.05, 0) is 35.4 Å². The van der Waals surface area contributed by atoms with Crippen molar-refractivity contribution in [2.45, 2.75) is 13.3 Å². The molecule has 0 saturated heterocycles. The molecular weight excluding hydrogens is 388 g/mol. The van der Waals surface area contributed by atoms with Crippen LogP contribution >= 0.6 is 0 Å². The first kappa shape index (κ1) is 18.7. The third kappa shape index (κ3) is 3.69. The number of fused-ring (bicyclic) bond motifs is 2. The SMILES string of the molecule is Cc1ccc(-n2ncc3c(NNC(=O)Cc4cccc5ccccc45)ncnc32)cc1. The van der Waals surface area contributed by atoms with Crippen molar-refractivity contribution in [2.24, 2.45) is 0 Å². The van der Waals surface area contributed by atoms with Crippen LogP contribution in [0.5, 0.6) is 0 Å². The lowest BCUT2D eigenvalue weighted by Gasteiger charge is -2.10. The Kier molecular flexibility index (Phi) is 4.76. The summed E-state index contributed by atoms with van der Waals surface area (Å²) >= 11 is 0. The minimum atomic E-state index is -0.158. The van der Waals surface area contributed by atoms with E-state index >= 15 is 0 Å². The number of nitrogens with one attached hydrogen (secondary N) is 2.